The largest absolute Gasteiger partial charge is 0.491 e. The first-order valence-corrected chi connectivity index (χ1v) is 8.17. The van der Waals surface area contributed by atoms with Crippen molar-refractivity contribution in [3.63, 3.8) is 0 Å². The van der Waals surface area contributed by atoms with E-state index in [1.807, 2.05) is 0 Å². The molecule has 1 heterocycles. The van der Waals surface area contributed by atoms with E-state index in [-0.39, 0.29) is 6.10 Å². The molecule has 3 nitrogen and oxygen atoms in total. The highest BCUT2D eigenvalue weighted by Gasteiger charge is 2.25. The van der Waals surface area contributed by atoms with Crippen molar-refractivity contribution < 1.29 is 4.74 Å². The topological polar surface area (TPSA) is 24.5 Å². The Bertz CT molecular complexity index is 429. The minimum Gasteiger partial charge on any atom is -0.491 e. The molecule has 0 aromatic heterocycles. The molecule has 1 saturated heterocycles. The number of hydrogen-bond acceptors (Lipinski definition) is 3. The first-order valence-electron chi connectivity index (χ1n) is 8.17. The summed E-state index contributed by atoms with van der Waals surface area (Å²) in [5.74, 6) is 1.66. The zero-order chi connectivity index (χ0) is 15.4. The van der Waals surface area contributed by atoms with Gasteiger partial charge in [0.25, 0.3) is 0 Å². The summed E-state index contributed by atoms with van der Waals surface area (Å²) in [5, 5.41) is 3.80. The summed E-state index contributed by atoms with van der Waals surface area (Å²) in [4.78, 5) is 2.42. The standard InChI is InChI=1S/C18H30N2O/c1-13(2)21-17-8-6-16(7-9-17)15(4)19-18-10-11-20(5)12-14(18)3/h6-9,13-15,18-19H,10-12H2,1-5H3. The van der Waals surface area contributed by atoms with Crippen molar-refractivity contribution in [1.29, 1.82) is 0 Å². The highest BCUT2D eigenvalue weighted by atomic mass is 16.5. The molecule has 3 unspecified atom stereocenters. The predicted octanol–water partition coefficient (Wildman–Crippen LogP) is 3.46. The van der Waals surface area contributed by atoms with Gasteiger partial charge in [0.1, 0.15) is 5.75 Å². The molecule has 3 atom stereocenters. The number of piperidine rings is 1. The second-order valence-electron chi connectivity index (χ2n) is 6.76. The normalized spacial score (nSPS) is 25.0. The fourth-order valence-electron chi connectivity index (χ4n) is 3.13. The van der Waals surface area contributed by atoms with Crippen LogP contribution in [0.3, 0.4) is 0 Å². The van der Waals surface area contributed by atoms with Gasteiger partial charge in [-0.25, -0.2) is 0 Å². The van der Waals surface area contributed by atoms with Gasteiger partial charge in [-0.15, -0.1) is 0 Å². The lowest BCUT2D eigenvalue weighted by molar-refractivity contribution is 0.168. The van der Waals surface area contributed by atoms with Crippen molar-refractivity contribution in [2.75, 3.05) is 20.1 Å². The third kappa shape index (κ3) is 4.72. The van der Waals surface area contributed by atoms with Crippen LogP contribution in [-0.4, -0.2) is 37.2 Å². The van der Waals surface area contributed by atoms with Crippen LogP contribution in [0.5, 0.6) is 5.75 Å². The number of benzene rings is 1. The van der Waals surface area contributed by atoms with Crippen LogP contribution in [0.25, 0.3) is 0 Å². The fourth-order valence-corrected chi connectivity index (χ4v) is 3.13. The lowest BCUT2D eigenvalue weighted by Gasteiger charge is -2.37. The van der Waals surface area contributed by atoms with Crippen LogP contribution in [0.15, 0.2) is 24.3 Å². The molecule has 3 heteroatoms. The van der Waals surface area contributed by atoms with Gasteiger partial charge in [-0.3, -0.25) is 0 Å². The van der Waals surface area contributed by atoms with Gasteiger partial charge in [0.2, 0.25) is 0 Å². The molecule has 0 amide bonds. The highest BCUT2D eigenvalue weighted by molar-refractivity contribution is 5.29. The Kier molecular flexibility index (Phi) is 5.65. The summed E-state index contributed by atoms with van der Waals surface area (Å²) in [5.41, 5.74) is 1.33. The molecular formula is C18H30N2O. The maximum absolute atomic E-state index is 5.70. The summed E-state index contributed by atoms with van der Waals surface area (Å²) in [6.45, 7) is 11.1. The van der Waals surface area contributed by atoms with E-state index < -0.39 is 0 Å². The van der Waals surface area contributed by atoms with Crippen LogP contribution < -0.4 is 10.1 Å². The van der Waals surface area contributed by atoms with Gasteiger partial charge >= 0.3 is 0 Å². The van der Waals surface area contributed by atoms with Crippen molar-refractivity contribution in [2.24, 2.45) is 5.92 Å². The molecule has 1 aliphatic rings. The van der Waals surface area contributed by atoms with E-state index in [4.69, 9.17) is 4.74 Å². The van der Waals surface area contributed by atoms with E-state index >= 15 is 0 Å². The van der Waals surface area contributed by atoms with Gasteiger partial charge in [-0.1, -0.05) is 19.1 Å². The Morgan fingerprint density at radius 3 is 2.43 bits per heavy atom. The number of likely N-dealkylation sites (tertiary alicyclic amines) is 1. The van der Waals surface area contributed by atoms with Crippen LogP contribution in [0.2, 0.25) is 0 Å². The third-order valence-corrected chi connectivity index (χ3v) is 4.32. The van der Waals surface area contributed by atoms with Crippen LogP contribution in [0.1, 0.15) is 45.7 Å². The number of nitrogens with one attached hydrogen (secondary N) is 1. The van der Waals surface area contributed by atoms with E-state index in [2.05, 4.69) is 69.2 Å². The van der Waals surface area contributed by atoms with Gasteiger partial charge in [0.15, 0.2) is 0 Å². The molecule has 0 spiro atoms. The predicted molar refractivity (Wildman–Crippen MR) is 88.8 cm³/mol. The average molecular weight is 290 g/mol. The van der Waals surface area contributed by atoms with Crippen molar-refractivity contribution in [3.05, 3.63) is 29.8 Å². The third-order valence-electron chi connectivity index (χ3n) is 4.32. The van der Waals surface area contributed by atoms with E-state index in [1.165, 1.54) is 25.1 Å². The summed E-state index contributed by atoms with van der Waals surface area (Å²) in [6, 6.07) is 9.50. The first kappa shape index (κ1) is 16.3. The Balaban J connectivity index is 1.92. The Morgan fingerprint density at radius 1 is 1.19 bits per heavy atom. The van der Waals surface area contributed by atoms with Crippen molar-refractivity contribution >= 4 is 0 Å². The second kappa shape index (κ2) is 7.28. The molecule has 1 aromatic carbocycles. The highest BCUT2D eigenvalue weighted by Crippen LogP contribution is 2.22. The molecule has 118 valence electrons. The summed E-state index contributed by atoms with van der Waals surface area (Å²) < 4.78 is 5.70. The number of rotatable bonds is 5. The van der Waals surface area contributed by atoms with E-state index in [1.54, 1.807) is 0 Å². The van der Waals surface area contributed by atoms with Gasteiger partial charge < -0.3 is 15.0 Å². The number of nitrogens with zero attached hydrogens (tertiary/aromatic N) is 1. The van der Waals surface area contributed by atoms with E-state index in [0.717, 1.165) is 5.75 Å². The molecule has 1 aromatic rings. The molecule has 0 radical (unpaired) electrons. The minimum absolute atomic E-state index is 0.228. The zero-order valence-electron chi connectivity index (χ0n) is 14.1. The molecular weight excluding hydrogens is 260 g/mol. The van der Waals surface area contributed by atoms with Gasteiger partial charge in [0.05, 0.1) is 6.10 Å². The Morgan fingerprint density at radius 2 is 1.86 bits per heavy atom. The molecule has 21 heavy (non-hydrogen) atoms. The maximum Gasteiger partial charge on any atom is 0.119 e. The molecule has 0 aliphatic carbocycles. The van der Waals surface area contributed by atoms with E-state index in [9.17, 15) is 0 Å². The Hall–Kier alpha value is -1.06. The molecule has 1 fully saturated rings. The molecule has 1 aliphatic heterocycles. The number of ether oxygens (including phenoxy) is 1. The fraction of sp³-hybridized carbons (Fsp3) is 0.667. The SMILES string of the molecule is CC(C)Oc1ccc(C(C)NC2CCN(C)CC2C)cc1. The summed E-state index contributed by atoms with van der Waals surface area (Å²) >= 11 is 0. The van der Waals surface area contributed by atoms with Crippen LogP contribution in [-0.2, 0) is 0 Å². The van der Waals surface area contributed by atoms with Gasteiger partial charge in [-0.2, -0.15) is 0 Å². The molecule has 0 saturated carbocycles. The first-order chi connectivity index (χ1) is 9.95. The average Bonchev–Trinajstić information content (AvgIpc) is 2.42. The lowest BCUT2D eigenvalue weighted by Crippen LogP contribution is -2.47. The number of hydrogen-bond donors (Lipinski definition) is 1. The van der Waals surface area contributed by atoms with Crippen LogP contribution in [0, 0.1) is 5.92 Å². The van der Waals surface area contributed by atoms with Crippen LogP contribution >= 0.6 is 0 Å². The second-order valence-corrected chi connectivity index (χ2v) is 6.76. The zero-order valence-corrected chi connectivity index (χ0v) is 14.1. The monoisotopic (exact) mass is 290 g/mol. The lowest BCUT2D eigenvalue weighted by atomic mass is 9.93. The molecule has 1 N–H and O–H groups in total. The van der Waals surface area contributed by atoms with E-state index in [0.29, 0.717) is 18.0 Å². The Labute approximate surface area is 129 Å². The van der Waals surface area contributed by atoms with Gasteiger partial charge in [0, 0.05) is 18.6 Å². The quantitative estimate of drug-likeness (QED) is 0.898. The smallest absolute Gasteiger partial charge is 0.119 e. The van der Waals surface area contributed by atoms with Gasteiger partial charge in [-0.05, 0) is 64.4 Å². The maximum atomic E-state index is 5.70. The summed E-state index contributed by atoms with van der Waals surface area (Å²) in [7, 11) is 2.21. The van der Waals surface area contributed by atoms with Crippen molar-refractivity contribution in [1.82, 2.24) is 10.2 Å². The van der Waals surface area contributed by atoms with Crippen LogP contribution in [0.4, 0.5) is 0 Å². The molecule has 2 rings (SSSR count). The summed E-state index contributed by atoms with van der Waals surface area (Å²) in [6.07, 6.45) is 1.46. The minimum atomic E-state index is 0.228. The van der Waals surface area contributed by atoms with Crippen molar-refractivity contribution in [2.45, 2.75) is 52.3 Å². The van der Waals surface area contributed by atoms with Crippen molar-refractivity contribution in [3.8, 4) is 5.75 Å². The molecule has 0 bridgehead atoms.